The Morgan fingerprint density at radius 1 is 1.12 bits per heavy atom. The zero-order valence-corrected chi connectivity index (χ0v) is 15.3. The van der Waals surface area contributed by atoms with Gasteiger partial charge < -0.3 is 10.6 Å². The second-order valence-electron chi connectivity index (χ2n) is 5.74. The van der Waals surface area contributed by atoms with Gasteiger partial charge in [0.15, 0.2) is 15.8 Å². The summed E-state index contributed by atoms with van der Waals surface area (Å²) in [5, 5.41) is 6.18. The van der Waals surface area contributed by atoms with Crippen molar-refractivity contribution in [2.75, 3.05) is 13.3 Å². The molecule has 0 amide bonds. The van der Waals surface area contributed by atoms with E-state index in [1.54, 1.807) is 44.3 Å². The minimum Gasteiger partial charge on any atom is -0.352 e. The van der Waals surface area contributed by atoms with Crippen molar-refractivity contribution < 1.29 is 12.8 Å². The Labute approximate surface area is 147 Å². The van der Waals surface area contributed by atoms with Gasteiger partial charge in [-0.25, -0.2) is 12.8 Å². The van der Waals surface area contributed by atoms with E-state index in [0.717, 1.165) is 5.56 Å². The van der Waals surface area contributed by atoms with E-state index in [9.17, 15) is 12.8 Å². The molecule has 2 N–H and O–H groups in total. The topological polar surface area (TPSA) is 70.6 Å². The van der Waals surface area contributed by atoms with Gasteiger partial charge in [0.05, 0.1) is 4.90 Å². The second kappa shape index (κ2) is 8.11. The molecule has 0 saturated heterocycles. The molecule has 0 unspecified atom stereocenters. The lowest BCUT2D eigenvalue weighted by atomic mass is 10.1. The molecule has 7 heteroatoms. The average molecular weight is 363 g/mol. The summed E-state index contributed by atoms with van der Waals surface area (Å²) in [6, 6.07) is 11.8. The molecule has 0 atom stereocenters. The number of hydrogen-bond acceptors (Lipinski definition) is 3. The number of guanidine groups is 1. The predicted octanol–water partition coefficient (Wildman–Crippen LogP) is 2.40. The van der Waals surface area contributed by atoms with Crippen molar-refractivity contribution in [1.29, 1.82) is 0 Å². The molecule has 0 fully saturated rings. The first kappa shape index (κ1) is 18.9. The van der Waals surface area contributed by atoms with Gasteiger partial charge >= 0.3 is 0 Å². The number of hydrogen-bond donors (Lipinski definition) is 2. The molecule has 0 aromatic heterocycles. The van der Waals surface area contributed by atoms with Gasteiger partial charge in [-0.05, 0) is 30.2 Å². The third kappa shape index (κ3) is 5.29. The fourth-order valence-corrected chi connectivity index (χ4v) is 3.42. The lowest BCUT2D eigenvalue weighted by molar-refractivity contribution is 0.601. The van der Waals surface area contributed by atoms with Gasteiger partial charge in [-0.2, -0.15) is 0 Å². The van der Waals surface area contributed by atoms with Crippen LogP contribution in [0.4, 0.5) is 4.39 Å². The highest BCUT2D eigenvalue weighted by atomic mass is 32.2. The van der Waals surface area contributed by atoms with Gasteiger partial charge in [0, 0.05) is 32.0 Å². The van der Waals surface area contributed by atoms with Crippen molar-refractivity contribution in [1.82, 2.24) is 10.6 Å². The monoisotopic (exact) mass is 363 g/mol. The van der Waals surface area contributed by atoms with E-state index in [2.05, 4.69) is 15.6 Å². The number of rotatable bonds is 5. The highest BCUT2D eigenvalue weighted by Crippen LogP contribution is 2.16. The number of nitrogens with one attached hydrogen (secondary N) is 2. The molecule has 2 rings (SSSR count). The molecule has 0 spiro atoms. The lowest BCUT2D eigenvalue weighted by Crippen LogP contribution is -2.36. The van der Waals surface area contributed by atoms with Crippen molar-refractivity contribution >= 4 is 15.8 Å². The van der Waals surface area contributed by atoms with Crippen molar-refractivity contribution in [3.63, 3.8) is 0 Å². The Morgan fingerprint density at radius 3 is 2.40 bits per heavy atom. The Bertz CT molecular complexity index is 880. The van der Waals surface area contributed by atoms with Gasteiger partial charge in [-0.15, -0.1) is 0 Å². The van der Waals surface area contributed by atoms with Crippen molar-refractivity contribution in [3.05, 3.63) is 65.0 Å². The molecule has 0 saturated carbocycles. The quantitative estimate of drug-likeness (QED) is 0.632. The standard InChI is InChI=1S/C18H22FN3O2S/c1-13-10-14(8-9-17(13)25(3,23)24)11-21-18(20-2)22-12-15-6-4-5-7-16(15)19/h4-10H,11-12H2,1-3H3,(H2,20,21,22). The van der Waals surface area contributed by atoms with Crippen LogP contribution in [0, 0.1) is 12.7 Å². The van der Waals surface area contributed by atoms with E-state index in [0.29, 0.717) is 35.1 Å². The number of aryl methyl sites for hydroxylation is 1. The van der Waals surface area contributed by atoms with Crippen LogP contribution in [0.15, 0.2) is 52.4 Å². The third-order valence-corrected chi connectivity index (χ3v) is 4.98. The smallest absolute Gasteiger partial charge is 0.191 e. The maximum atomic E-state index is 13.6. The van der Waals surface area contributed by atoms with Crippen LogP contribution in [0.3, 0.4) is 0 Å². The van der Waals surface area contributed by atoms with Crippen LogP contribution >= 0.6 is 0 Å². The zero-order chi connectivity index (χ0) is 18.4. The van der Waals surface area contributed by atoms with Crippen LogP contribution in [-0.4, -0.2) is 27.7 Å². The zero-order valence-electron chi connectivity index (χ0n) is 14.5. The van der Waals surface area contributed by atoms with E-state index in [1.165, 1.54) is 12.3 Å². The molecular formula is C18H22FN3O2S. The molecule has 25 heavy (non-hydrogen) atoms. The van der Waals surface area contributed by atoms with Crippen molar-refractivity contribution in [2.24, 2.45) is 4.99 Å². The SMILES string of the molecule is CN=C(NCc1ccc(S(C)(=O)=O)c(C)c1)NCc1ccccc1F. The first-order chi connectivity index (χ1) is 11.8. The third-order valence-electron chi connectivity index (χ3n) is 3.73. The van der Waals surface area contributed by atoms with Crippen LogP contribution in [0.2, 0.25) is 0 Å². The fraction of sp³-hybridized carbons (Fsp3) is 0.278. The molecule has 0 aliphatic carbocycles. The summed E-state index contributed by atoms with van der Waals surface area (Å²) in [4.78, 5) is 4.43. The van der Waals surface area contributed by atoms with Crippen molar-refractivity contribution in [3.8, 4) is 0 Å². The number of benzene rings is 2. The molecule has 2 aromatic rings. The molecule has 0 heterocycles. The van der Waals surface area contributed by atoms with Gasteiger partial charge in [0.1, 0.15) is 5.82 Å². The predicted molar refractivity (Wildman–Crippen MR) is 97.7 cm³/mol. The number of sulfone groups is 1. The average Bonchev–Trinajstić information content (AvgIpc) is 2.55. The normalized spacial score (nSPS) is 12.1. The van der Waals surface area contributed by atoms with Crippen molar-refractivity contribution in [2.45, 2.75) is 24.9 Å². The molecule has 0 bridgehead atoms. The summed E-state index contributed by atoms with van der Waals surface area (Å²) in [7, 11) is -1.59. The number of nitrogens with zero attached hydrogens (tertiary/aromatic N) is 1. The minimum atomic E-state index is -3.22. The molecule has 5 nitrogen and oxygen atoms in total. The van der Waals surface area contributed by atoms with E-state index < -0.39 is 9.84 Å². The summed E-state index contributed by atoms with van der Waals surface area (Å²) >= 11 is 0. The van der Waals surface area contributed by atoms with Gasteiger partial charge in [0.2, 0.25) is 0 Å². The van der Waals surface area contributed by atoms with E-state index in [1.807, 2.05) is 6.07 Å². The second-order valence-corrected chi connectivity index (χ2v) is 7.73. The van der Waals surface area contributed by atoms with E-state index in [-0.39, 0.29) is 5.82 Å². The molecule has 0 aliphatic heterocycles. The summed E-state index contributed by atoms with van der Waals surface area (Å²) in [5.74, 6) is 0.269. The first-order valence-corrected chi connectivity index (χ1v) is 9.68. The highest BCUT2D eigenvalue weighted by molar-refractivity contribution is 7.90. The fourth-order valence-electron chi connectivity index (χ4n) is 2.46. The first-order valence-electron chi connectivity index (χ1n) is 7.79. The van der Waals surface area contributed by atoms with Crippen LogP contribution < -0.4 is 10.6 Å². The van der Waals surface area contributed by atoms with Gasteiger partial charge in [-0.1, -0.05) is 30.3 Å². The van der Waals surface area contributed by atoms with E-state index >= 15 is 0 Å². The Balaban J connectivity index is 1.97. The summed E-state index contributed by atoms with van der Waals surface area (Å²) in [6.45, 7) is 2.56. The summed E-state index contributed by atoms with van der Waals surface area (Å²) in [6.07, 6.45) is 1.20. The van der Waals surface area contributed by atoms with Crippen LogP contribution in [-0.2, 0) is 22.9 Å². The molecule has 2 aromatic carbocycles. The van der Waals surface area contributed by atoms with Crippen LogP contribution in [0.1, 0.15) is 16.7 Å². The molecule has 0 radical (unpaired) electrons. The molecule has 0 aliphatic rings. The molecular weight excluding hydrogens is 341 g/mol. The number of aliphatic imine (C=N–C) groups is 1. The summed E-state index contributed by atoms with van der Waals surface area (Å²) < 4.78 is 36.9. The highest BCUT2D eigenvalue weighted by Gasteiger charge is 2.11. The number of halogens is 1. The van der Waals surface area contributed by atoms with Gasteiger partial charge in [-0.3, -0.25) is 4.99 Å². The van der Waals surface area contributed by atoms with Crippen LogP contribution in [0.25, 0.3) is 0 Å². The minimum absolute atomic E-state index is 0.266. The summed E-state index contributed by atoms with van der Waals surface area (Å²) in [5.41, 5.74) is 2.19. The largest absolute Gasteiger partial charge is 0.352 e. The molecule has 134 valence electrons. The van der Waals surface area contributed by atoms with E-state index in [4.69, 9.17) is 0 Å². The Hall–Kier alpha value is -2.41. The van der Waals surface area contributed by atoms with Crippen LogP contribution in [0.5, 0.6) is 0 Å². The maximum absolute atomic E-state index is 13.6. The van der Waals surface area contributed by atoms with Gasteiger partial charge in [0.25, 0.3) is 0 Å². The Kier molecular flexibility index (Phi) is 6.14. The maximum Gasteiger partial charge on any atom is 0.191 e. The Morgan fingerprint density at radius 2 is 1.80 bits per heavy atom. The lowest BCUT2D eigenvalue weighted by Gasteiger charge is -2.13.